The summed E-state index contributed by atoms with van der Waals surface area (Å²) in [5.41, 5.74) is 2.30. The first-order valence-corrected chi connectivity index (χ1v) is 7.54. The average Bonchev–Trinajstić information content (AvgIpc) is 2.88. The van der Waals surface area contributed by atoms with Gasteiger partial charge in [0.05, 0.1) is 16.9 Å². The van der Waals surface area contributed by atoms with Crippen LogP contribution in [0.1, 0.15) is 26.8 Å². The summed E-state index contributed by atoms with van der Waals surface area (Å²) < 4.78 is 1.53. The van der Waals surface area contributed by atoms with Crippen LogP contribution in [0.15, 0.2) is 24.3 Å². The SMILES string of the molecule is Cc1c(NC(=O)c2nnc3ccccc3n2)c(C(=O)N(C)C)nn1C. The first-order chi connectivity index (χ1) is 11.9. The van der Waals surface area contributed by atoms with E-state index in [1.807, 2.05) is 6.07 Å². The van der Waals surface area contributed by atoms with Gasteiger partial charge in [0, 0.05) is 21.1 Å². The summed E-state index contributed by atoms with van der Waals surface area (Å²) in [7, 11) is 4.94. The highest BCUT2D eigenvalue weighted by Crippen LogP contribution is 2.21. The summed E-state index contributed by atoms with van der Waals surface area (Å²) in [5.74, 6) is -0.941. The van der Waals surface area contributed by atoms with Crippen molar-refractivity contribution in [2.24, 2.45) is 7.05 Å². The molecule has 0 radical (unpaired) electrons. The van der Waals surface area contributed by atoms with Crippen molar-refractivity contribution < 1.29 is 9.59 Å². The van der Waals surface area contributed by atoms with Gasteiger partial charge in [0.15, 0.2) is 5.69 Å². The Morgan fingerprint density at radius 2 is 1.80 bits per heavy atom. The largest absolute Gasteiger partial charge is 0.343 e. The van der Waals surface area contributed by atoms with Gasteiger partial charge in [0.1, 0.15) is 5.52 Å². The number of fused-ring (bicyclic) bond motifs is 1. The number of hydrogen-bond donors (Lipinski definition) is 1. The molecule has 0 aliphatic heterocycles. The first kappa shape index (κ1) is 16.5. The van der Waals surface area contributed by atoms with Gasteiger partial charge in [-0.25, -0.2) is 4.98 Å². The van der Waals surface area contributed by atoms with Crippen molar-refractivity contribution in [2.75, 3.05) is 19.4 Å². The molecule has 2 amide bonds. The Bertz CT molecular complexity index is 978. The van der Waals surface area contributed by atoms with Crippen molar-refractivity contribution in [3.8, 4) is 0 Å². The van der Waals surface area contributed by atoms with E-state index in [9.17, 15) is 9.59 Å². The Morgan fingerprint density at radius 3 is 2.48 bits per heavy atom. The highest BCUT2D eigenvalue weighted by atomic mass is 16.2. The second-order valence-electron chi connectivity index (χ2n) is 5.71. The van der Waals surface area contributed by atoms with E-state index in [4.69, 9.17) is 0 Å². The Hall–Kier alpha value is -3.36. The first-order valence-electron chi connectivity index (χ1n) is 7.54. The molecule has 0 spiro atoms. The van der Waals surface area contributed by atoms with Gasteiger partial charge in [-0.2, -0.15) is 5.10 Å². The maximum absolute atomic E-state index is 12.5. The molecule has 0 fully saturated rings. The molecule has 9 nitrogen and oxygen atoms in total. The van der Waals surface area contributed by atoms with Gasteiger partial charge < -0.3 is 10.2 Å². The third-order valence-electron chi connectivity index (χ3n) is 3.74. The molecule has 0 unspecified atom stereocenters. The normalized spacial score (nSPS) is 10.7. The molecule has 128 valence electrons. The quantitative estimate of drug-likeness (QED) is 0.764. The second kappa shape index (κ2) is 6.27. The summed E-state index contributed by atoms with van der Waals surface area (Å²) in [6.07, 6.45) is 0. The van der Waals surface area contributed by atoms with Crippen molar-refractivity contribution >= 4 is 28.5 Å². The van der Waals surface area contributed by atoms with Crippen LogP contribution in [0.25, 0.3) is 11.0 Å². The lowest BCUT2D eigenvalue weighted by Crippen LogP contribution is -2.25. The minimum absolute atomic E-state index is 0.0785. The van der Waals surface area contributed by atoms with Crippen LogP contribution in [0.5, 0.6) is 0 Å². The number of nitrogens with one attached hydrogen (secondary N) is 1. The number of aryl methyl sites for hydroxylation is 1. The predicted molar refractivity (Wildman–Crippen MR) is 91.2 cm³/mol. The maximum atomic E-state index is 12.5. The molecule has 0 aliphatic rings. The van der Waals surface area contributed by atoms with Gasteiger partial charge in [-0.05, 0) is 19.1 Å². The van der Waals surface area contributed by atoms with Crippen molar-refractivity contribution in [3.05, 3.63) is 41.5 Å². The highest BCUT2D eigenvalue weighted by molar-refractivity contribution is 6.07. The Morgan fingerprint density at radius 1 is 1.12 bits per heavy atom. The summed E-state index contributed by atoms with van der Waals surface area (Å²) in [6, 6.07) is 7.13. The molecule has 1 aromatic carbocycles. The molecule has 2 aromatic heterocycles. The molecule has 1 N–H and O–H groups in total. The van der Waals surface area contributed by atoms with Crippen LogP contribution in [-0.2, 0) is 7.05 Å². The van der Waals surface area contributed by atoms with E-state index in [2.05, 4.69) is 25.6 Å². The van der Waals surface area contributed by atoms with E-state index >= 15 is 0 Å². The summed E-state index contributed by atoms with van der Waals surface area (Å²) >= 11 is 0. The second-order valence-corrected chi connectivity index (χ2v) is 5.71. The van der Waals surface area contributed by atoms with Gasteiger partial charge >= 0.3 is 0 Å². The molecule has 0 bridgehead atoms. The summed E-state index contributed by atoms with van der Waals surface area (Å²) in [4.78, 5) is 30.4. The van der Waals surface area contributed by atoms with E-state index in [0.717, 1.165) is 0 Å². The fraction of sp³-hybridized carbons (Fsp3) is 0.250. The van der Waals surface area contributed by atoms with E-state index in [0.29, 0.717) is 22.4 Å². The van der Waals surface area contributed by atoms with Crippen LogP contribution < -0.4 is 5.32 Å². The zero-order valence-electron chi connectivity index (χ0n) is 14.3. The summed E-state index contributed by atoms with van der Waals surface area (Å²) in [5, 5.41) is 14.7. The standard InChI is InChI=1S/C16H17N7O2/c1-9-12(13(21-23(9)4)16(25)22(2)3)18-15(24)14-17-10-7-5-6-8-11(10)19-20-14/h5-8H,1-4H3,(H,18,24). The topological polar surface area (TPSA) is 106 Å². The van der Waals surface area contributed by atoms with Gasteiger partial charge in [-0.15, -0.1) is 10.2 Å². The number of amides is 2. The van der Waals surface area contributed by atoms with Crippen molar-refractivity contribution in [3.63, 3.8) is 0 Å². The van der Waals surface area contributed by atoms with Crippen LogP contribution >= 0.6 is 0 Å². The smallest absolute Gasteiger partial charge is 0.295 e. The number of rotatable bonds is 3. The fourth-order valence-electron chi connectivity index (χ4n) is 2.27. The minimum Gasteiger partial charge on any atom is -0.343 e. The Balaban J connectivity index is 1.96. The molecule has 25 heavy (non-hydrogen) atoms. The number of benzene rings is 1. The van der Waals surface area contributed by atoms with Crippen LogP contribution in [-0.4, -0.2) is 55.8 Å². The molecule has 0 saturated heterocycles. The lowest BCUT2D eigenvalue weighted by molar-refractivity contribution is 0.0822. The van der Waals surface area contributed by atoms with Gasteiger partial charge in [0.25, 0.3) is 11.8 Å². The van der Waals surface area contributed by atoms with Gasteiger partial charge in [-0.1, -0.05) is 12.1 Å². The third-order valence-corrected chi connectivity index (χ3v) is 3.74. The predicted octanol–water partition coefficient (Wildman–Crippen LogP) is 1.02. The minimum atomic E-state index is -0.554. The molecule has 2 heterocycles. The highest BCUT2D eigenvalue weighted by Gasteiger charge is 2.24. The molecular weight excluding hydrogens is 322 g/mol. The van der Waals surface area contributed by atoms with Gasteiger partial charge in [-0.3, -0.25) is 14.3 Å². The van der Waals surface area contributed by atoms with Crippen molar-refractivity contribution in [1.29, 1.82) is 0 Å². The molecule has 3 rings (SSSR count). The number of aromatic nitrogens is 5. The lowest BCUT2D eigenvalue weighted by atomic mass is 10.2. The maximum Gasteiger partial charge on any atom is 0.295 e. The average molecular weight is 339 g/mol. The van der Waals surface area contributed by atoms with Crippen LogP contribution in [0.4, 0.5) is 5.69 Å². The third kappa shape index (κ3) is 3.03. The van der Waals surface area contributed by atoms with Crippen LogP contribution in [0, 0.1) is 6.92 Å². The van der Waals surface area contributed by atoms with E-state index in [1.54, 1.807) is 46.3 Å². The number of carbonyl (C=O) groups excluding carboxylic acids is 2. The fourth-order valence-corrected chi connectivity index (χ4v) is 2.27. The summed E-state index contributed by atoms with van der Waals surface area (Å²) in [6.45, 7) is 1.76. The van der Waals surface area contributed by atoms with E-state index < -0.39 is 5.91 Å². The molecule has 0 aliphatic carbocycles. The Kier molecular flexibility index (Phi) is 4.14. The lowest BCUT2D eigenvalue weighted by Gasteiger charge is -2.10. The molecular formula is C16H17N7O2. The molecule has 9 heteroatoms. The Labute approximate surface area is 143 Å². The number of carbonyl (C=O) groups is 2. The zero-order chi connectivity index (χ0) is 18.1. The molecule has 0 atom stereocenters. The van der Waals surface area contributed by atoms with Crippen LogP contribution in [0.2, 0.25) is 0 Å². The van der Waals surface area contributed by atoms with E-state index in [1.165, 1.54) is 9.58 Å². The molecule has 3 aromatic rings. The van der Waals surface area contributed by atoms with E-state index in [-0.39, 0.29) is 17.4 Å². The number of hydrogen-bond acceptors (Lipinski definition) is 6. The van der Waals surface area contributed by atoms with Crippen LogP contribution in [0.3, 0.4) is 0 Å². The monoisotopic (exact) mass is 339 g/mol. The zero-order valence-corrected chi connectivity index (χ0v) is 14.3. The molecule has 0 saturated carbocycles. The number of nitrogens with zero attached hydrogens (tertiary/aromatic N) is 6. The number of anilines is 1. The van der Waals surface area contributed by atoms with Crippen molar-refractivity contribution in [2.45, 2.75) is 6.92 Å². The number of para-hydroxylation sites is 1. The van der Waals surface area contributed by atoms with Crippen molar-refractivity contribution in [1.82, 2.24) is 29.9 Å². The van der Waals surface area contributed by atoms with Gasteiger partial charge in [0.2, 0.25) is 5.82 Å².